The fourth-order valence-electron chi connectivity index (χ4n) is 3.17. The van der Waals surface area contributed by atoms with Gasteiger partial charge in [-0.2, -0.15) is 0 Å². The molecule has 1 spiro atoms. The van der Waals surface area contributed by atoms with E-state index in [4.69, 9.17) is 0 Å². The molecule has 15 heavy (non-hydrogen) atoms. The largest absolute Gasteiger partial charge is 0.312 e. The van der Waals surface area contributed by atoms with Gasteiger partial charge in [0.25, 0.3) is 0 Å². The summed E-state index contributed by atoms with van der Waals surface area (Å²) in [6.07, 6.45) is 10.8. The highest BCUT2D eigenvalue weighted by Crippen LogP contribution is 2.45. The molecule has 0 saturated heterocycles. The van der Waals surface area contributed by atoms with Crippen molar-refractivity contribution in [3.05, 3.63) is 36.5 Å². The zero-order valence-electron chi connectivity index (χ0n) is 9.52. The van der Waals surface area contributed by atoms with Gasteiger partial charge in [-0.05, 0) is 24.0 Å². The molecule has 0 atom stereocenters. The van der Waals surface area contributed by atoms with Gasteiger partial charge in [-0.15, -0.1) is 0 Å². The highest BCUT2D eigenvalue weighted by molar-refractivity contribution is 5.40. The van der Waals surface area contributed by atoms with E-state index in [0.717, 1.165) is 13.1 Å². The van der Waals surface area contributed by atoms with E-state index in [-0.39, 0.29) is 0 Å². The minimum Gasteiger partial charge on any atom is -0.312 e. The number of nitrogens with one attached hydrogen (secondary N) is 1. The van der Waals surface area contributed by atoms with Crippen molar-refractivity contribution in [3.8, 4) is 0 Å². The highest BCUT2D eigenvalue weighted by Gasteiger charge is 2.37. The van der Waals surface area contributed by atoms with Crippen LogP contribution in [-0.2, 0) is 0 Å². The van der Waals surface area contributed by atoms with Crippen LogP contribution in [0.1, 0.15) is 32.1 Å². The van der Waals surface area contributed by atoms with Gasteiger partial charge in [0.15, 0.2) is 0 Å². The summed E-state index contributed by atoms with van der Waals surface area (Å²) in [7, 11) is 0. The lowest BCUT2D eigenvalue weighted by molar-refractivity contribution is 0.226. The minimum atomic E-state index is 0.377. The third kappa shape index (κ3) is 1.81. The molecule has 2 rings (SSSR count). The number of hydrogen-bond acceptors (Lipinski definition) is 1. The summed E-state index contributed by atoms with van der Waals surface area (Å²) in [5.74, 6) is 0. The highest BCUT2D eigenvalue weighted by atomic mass is 14.9. The van der Waals surface area contributed by atoms with E-state index in [9.17, 15) is 0 Å². The quantitative estimate of drug-likeness (QED) is 0.726. The maximum absolute atomic E-state index is 4.00. The Morgan fingerprint density at radius 3 is 2.40 bits per heavy atom. The molecular weight excluding hydrogens is 182 g/mol. The molecule has 1 nitrogen and oxygen atoms in total. The first-order valence-electron chi connectivity index (χ1n) is 6.02. The van der Waals surface area contributed by atoms with E-state index in [1.54, 1.807) is 0 Å². The molecule has 0 radical (unpaired) electrons. The zero-order chi connectivity index (χ0) is 10.7. The Morgan fingerprint density at radius 1 is 1.07 bits per heavy atom. The van der Waals surface area contributed by atoms with Gasteiger partial charge in [-0.25, -0.2) is 0 Å². The van der Waals surface area contributed by atoms with Crippen LogP contribution in [0.5, 0.6) is 0 Å². The second-order valence-corrected chi connectivity index (χ2v) is 4.79. The summed E-state index contributed by atoms with van der Waals surface area (Å²) < 4.78 is 0. The van der Waals surface area contributed by atoms with Crippen LogP contribution in [0.2, 0.25) is 0 Å². The van der Waals surface area contributed by atoms with Crippen molar-refractivity contribution in [1.29, 1.82) is 0 Å². The van der Waals surface area contributed by atoms with Gasteiger partial charge in [0.05, 0.1) is 0 Å². The maximum Gasteiger partial charge on any atom is 0.0208 e. The van der Waals surface area contributed by atoms with E-state index in [2.05, 4.69) is 24.6 Å². The lowest BCUT2D eigenvalue weighted by atomic mass is 9.66. The predicted molar refractivity (Wildman–Crippen MR) is 65.8 cm³/mol. The van der Waals surface area contributed by atoms with Crippen LogP contribution in [0.4, 0.5) is 0 Å². The second kappa shape index (κ2) is 4.36. The Morgan fingerprint density at radius 2 is 1.80 bits per heavy atom. The summed E-state index contributed by atoms with van der Waals surface area (Å²) in [5.41, 5.74) is 3.20. The molecule has 2 aliphatic rings. The summed E-state index contributed by atoms with van der Waals surface area (Å²) in [5, 5.41) is 3.53. The van der Waals surface area contributed by atoms with Crippen molar-refractivity contribution in [2.75, 3.05) is 13.1 Å². The SMILES string of the molecule is C=CC1=C(C=C)C2(CCCCC2)CNC1. The Hall–Kier alpha value is -0.820. The van der Waals surface area contributed by atoms with Crippen LogP contribution in [0.3, 0.4) is 0 Å². The third-order valence-electron chi connectivity index (χ3n) is 3.96. The van der Waals surface area contributed by atoms with E-state index in [0.29, 0.717) is 5.41 Å². The van der Waals surface area contributed by atoms with Gasteiger partial charge in [-0.1, -0.05) is 44.6 Å². The Kier molecular flexibility index (Phi) is 3.11. The molecule has 1 aliphatic carbocycles. The lowest BCUT2D eigenvalue weighted by Crippen LogP contribution is -2.42. The summed E-state index contributed by atoms with van der Waals surface area (Å²) >= 11 is 0. The van der Waals surface area contributed by atoms with E-state index < -0.39 is 0 Å². The van der Waals surface area contributed by atoms with Crippen LogP contribution in [-0.4, -0.2) is 13.1 Å². The van der Waals surface area contributed by atoms with Crippen LogP contribution in [0.25, 0.3) is 0 Å². The molecule has 1 heteroatoms. The Bertz CT molecular complexity index is 292. The van der Waals surface area contributed by atoms with Gasteiger partial charge in [0, 0.05) is 18.5 Å². The molecule has 0 aromatic rings. The van der Waals surface area contributed by atoms with Crippen molar-refractivity contribution in [2.24, 2.45) is 5.41 Å². The van der Waals surface area contributed by atoms with Crippen molar-refractivity contribution < 1.29 is 0 Å². The van der Waals surface area contributed by atoms with Gasteiger partial charge < -0.3 is 5.32 Å². The molecule has 0 aromatic carbocycles. The molecule has 0 amide bonds. The van der Waals surface area contributed by atoms with Crippen molar-refractivity contribution in [1.82, 2.24) is 5.32 Å². The van der Waals surface area contributed by atoms with Crippen LogP contribution in [0, 0.1) is 5.41 Å². The molecule has 1 saturated carbocycles. The second-order valence-electron chi connectivity index (χ2n) is 4.79. The van der Waals surface area contributed by atoms with Gasteiger partial charge in [-0.3, -0.25) is 0 Å². The molecule has 1 heterocycles. The smallest absolute Gasteiger partial charge is 0.0208 e. The summed E-state index contributed by atoms with van der Waals surface area (Å²) in [6, 6.07) is 0. The fourth-order valence-corrected chi connectivity index (χ4v) is 3.17. The first-order valence-corrected chi connectivity index (χ1v) is 6.02. The Balaban J connectivity index is 2.36. The topological polar surface area (TPSA) is 12.0 Å². The molecule has 1 N–H and O–H groups in total. The minimum absolute atomic E-state index is 0.377. The van der Waals surface area contributed by atoms with Crippen molar-refractivity contribution in [3.63, 3.8) is 0 Å². The van der Waals surface area contributed by atoms with Crippen LogP contribution in [0.15, 0.2) is 36.5 Å². The fraction of sp³-hybridized carbons (Fsp3) is 0.571. The molecule has 1 aliphatic heterocycles. The molecule has 1 fully saturated rings. The summed E-state index contributed by atoms with van der Waals surface area (Å²) in [6.45, 7) is 10.0. The van der Waals surface area contributed by atoms with Crippen LogP contribution < -0.4 is 5.32 Å². The molecular formula is C14H21N. The maximum atomic E-state index is 4.00. The van der Waals surface area contributed by atoms with E-state index in [1.165, 1.54) is 43.3 Å². The Labute approximate surface area is 93.0 Å². The number of allylic oxidation sites excluding steroid dienone is 1. The van der Waals surface area contributed by atoms with Gasteiger partial charge in [0.1, 0.15) is 0 Å². The standard InChI is InChI=1S/C14H21N/c1-3-12-10-15-11-14(13(12)4-2)8-6-5-7-9-14/h3-4,15H,1-2,5-11H2. The zero-order valence-corrected chi connectivity index (χ0v) is 9.52. The van der Waals surface area contributed by atoms with Gasteiger partial charge >= 0.3 is 0 Å². The number of hydrogen-bond donors (Lipinski definition) is 1. The lowest BCUT2D eigenvalue weighted by Gasteiger charge is -2.43. The molecule has 0 unspecified atom stereocenters. The van der Waals surface area contributed by atoms with Crippen molar-refractivity contribution in [2.45, 2.75) is 32.1 Å². The average Bonchev–Trinajstić information content (AvgIpc) is 2.29. The first kappa shape index (κ1) is 10.7. The summed E-state index contributed by atoms with van der Waals surface area (Å²) in [4.78, 5) is 0. The molecule has 0 bridgehead atoms. The monoisotopic (exact) mass is 203 g/mol. The average molecular weight is 203 g/mol. The van der Waals surface area contributed by atoms with Crippen molar-refractivity contribution >= 4 is 0 Å². The van der Waals surface area contributed by atoms with Gasteiger partial charge in [0.2, 0.25) is 0 Å². The number of rotatable bonds is 2. The first-order chi connectivity index (χ1) is 7.32. The van der Waals surface area contributed by atoms with E-state index in [1.807, 2.05) is 6.08 Å². The van der Waals surface area contributed by atoms with E-state index >= 15 is 0 Å². The normalized spacial score (nSPS) is 25.3. The molecule has 82 valence electrons. The third-order valence-corrected chi connectivity index (χ3v) is 3.96. The predicted octanol–water partition coefficient (Wildman–Crippen LogP) is 3.21. The van der Waals surface area contributed by atoms with Crippen LogP contribution >= 0.6 is 0 Å². The molecule has 0 aromatic heterocycles.